The Hall–Kier alpha value is -1.36. The molecule has 5 heteroatoms. The van der Waals surface area contributed by atoms with Crippen LogP contribution in [0.4, 0.5) is 5.69 Å². The van der Waals surface area contributed by atoms with E-state index in [4.69, 9.17) is 11.6 Å². The molecule has 2 aromatic rings. The number of hydrogen-bond donors (Lipinski definition) is 2. The highest BCUT2D eigenvalue weighted by Crippen LogP contribution is 2.26. The highest BCUT2D eigenvalue weighted by atomic mass is 79.9. The lowest BCUT2D eigenvalue weighted by Gasteiger charge is -2.10. The Labute approximate surface area is 137 Å². The second-order valence-corrected chi connectivity index (χ2v) is 5.86. The Morgan fingerprint density at radius 1 is 1.24 bits per heavy atom. The lowest BCUT2D eigenvalue weighted by Crippen LogP contribution is -2.17. The van der Waals surface area contributed by atoms with Crippen molar-refractivity contribution in [3.8, 4) is 0 Å². The van der Waals surface area contributed by atoms with Gasteiger partial charge in [-0.2, -0.15) is 0 Å². The summed E-state index contributed by atoms with van der Waals surface area (Å²) < 4.78 is 0.755. The molecule has 0 spiro atoms. The van der Waals surface area contributed by atoms with E-state index in [1.807, 2.05) is 31.3 Å². The fourth-order valence-corrected chi connectivity index (χ4v) is 2.49. The van der Waals surface area contributed by atoms with Gasteiger partial charge in [0.25, 0.3) is 5.91 Å². The van der Waals surface area contributed by atoms with E-state index in [-0.39, 0.29) is 5.91 Å². The van der Waals surface area contributed by atoms with Crippen LogP contribution < -0.4 is 10.6 Å². The number of rotatable bonds is 5. The molecule has 0 bridgehead atoms. The molecule has 0 aliphatic carbocycles. The van der Waals surface area contributed by atoms with Crippen LogP contribution in [-0.2, 0) is 6.42 Å². The standard InChI is InChI=1S/C16H16BrClN2O/c1-19-9-8-11-4-2-3-5-13(11)16(21)20-12-6-7-15(18)14(17)10-12/h2-7,10,19H,8-9H2,1H3,(H,20,21). The summed E-state index contributed by atoms with van der Waals surface area (Å²) in [6.07, 6.45) is 0.810. The first-order valence-electron chi connectivity index (χ1n) is 6.60. The molecule has 0 atom stereocenters. The third kappa shape index (κ3) is 4.30. The van der Waals surface area contributed by atoms with Crippen molar-refractivity contribution in [1.29, 1.82) is 0 Å². The van der Waals surface area contributed by atoms with Gasteiger partial charge < -0.3 is 10.6 Å². The zero-order chi connectivity index (χ0) is 15.2. The van der Waals surface area contributed by atoms with Crippen LogP contribution in [0.3, 0.4) is 0 Å². The zero-order valence-corrected chi connectivity index (χ0v) is 14.0. The van der Waals surface area contributed by atoms with Crippen molar-refractivity contribution in [2.45, 2.75) is 6.42 Å². The van der Waals surface area contributed by atoms with Gasteiger partial charge in [-0.3, -0.25) is 4.79 Å². The highest BCUT2D eigenvalue weighted by Gasteiger charge is 2.11. The summed E-state index contributed by atoms with van der Waals surface area (Å²) in [5, 5.41) is 6.60. The predicted molar refractivity (Wildman–Crippen MR) is 91.2 cm³/mol. The third-order valence-corrected chi connectivity index (χ3v) is 4.30. The van der Waals surface area contributed by atoms with Gasteiger partial charge in [0.2, 0.25) is 0 Å². The van der Waals surface area contributed by atoms with E-state index in [0.717, 1.165) is 23.0 Å². The Morgan fingerprint density at radius 2 is 2.00 bits per heavy atom. The Balaban J connectivity index is 2.18. The minimum Gasteiger partial charge on any atom is -0.322 e. The molecule has 0 fully saturated rings. The van der Waals surface area contributed by atoms with Crippen molar-refractivity contribution in [3.63, 3.8) is 0 Å². The molecule has 21 heavy (non-hydrogen) atoms. The van der Waals surface area contributed by atoms with E-state index < -0.39 is 0 Å². The van der Waals surface area contributed by atoms with Crippen LogP contribution in [-0.4, -0.2) is 19.5 Å². The van der Waals surface area contributed by atoms with E-state index in [2.05, 4.69) is 26.6 Å². The molecule has 0 saturated carbocycles. The summed E-state index contributed by atoms with van der Waals surface area (Å²) in [4.78, 5) is 12.4. The topological polar surface area (TPSA) is 41.1 Å². The quantitative estimate of drug-likeness (QED) is 0.835. The van der Waals surface area contributed by atoms with Gasteiger partial charge in [-0.05, 0) is 65.8 Å². The summed E-state index contributed by atoms with van der Waals surface area (Å²) >= 11 is 9.30. The van der Waals surface area contributed by atoms with Crippen LogP contribution in [0.15, 0.2) is 46.9 Å². The van der Waals surface area contributed by atoms with Crippen molar-refractivity contribution in [2.75, 3.05) is 18.9 Å². The average Bonchev–Trinajstić information content (AvgIpc) is 2.49. The van der Waals surface area contributed by atoms with Gasteiger partial charge in [0.05, 0.1) is 5.02 Å². The van der Waals surface area contributed by atoms with Crippen molar-refractivity contribution >= 4 is 39.1 Å². The Bertz CT molecular complexity index is 646. The number of anilines is 1. The van der Waals surface area contributed by atoms with Gasteiger partial charge in [-0.25, -0.2) is 0 Å². The summed E-state index contributed by atoms with van der Waals surface area (Å²) in [6, 6.07) is 12.9. The lowest BCUT2D eigenvalue weighted by molar-refractivity contribution is 0.102. The van der Waals surface area contributed by atoms with E-state index in [0.29, 0.717) is 16.3 Å². The third-order valence-electron chi connectivity index (χ3n) is 3.08. The van der Waals surface area contributed by atoms with Gasteiger partial charge in [0, 0.05) is 15.7 Å². The number of likely N-dealkylation sites (N-methyl/N-ethyl adjacent to an activating group) is 1. The summed E-state index contributed by atoms with van der Waals surface area (Å²) in [6.45, 7) is 0.830. The summed E-state index contributed by atoms with van der Waals surface area (Å²) in [5.41, 5.74) is 2.43. The molecule has 0 aromatic heterocycles. The molecule has 3 nitrogen and oxygen atoms in total. The molecule has 110 valence electrons. The van der Waals surface area contributed by atoms with Gasteiger partial charge in [0.1, 0.15) is 0 Å². The van der Waals surface area contributed by atoms with E-state index >= 15 is 0 Å². The molecule has 0 saturated heterocycles. The molecular weight excluding hydrogens is 352 g/mol. The van der Waals surface area contributed by atoms with Crippen molar-refractivity contribution in [1.82, 2.24) is 5.32 Å². The minimum atomic E-state index is -0.115. The maximum Gasteiger partial charge on any atom is 0.255 e. The molecule has 0 heterocycles. The summed E-state index contributed by atoms with van der Waals surface area (Å²) in [7, 11) is 1.90. The SMILES string of the molecule is CNCCc1ccccc1C(=O)Nc1ccc(Cl)c(Br)c1. The van der Waals surface area contributed by atoms with Gasteiger partial charge >= 0.3 is 0 Å². The maximum atomic E-state index is 12.4. The molecule has 1 amide bonds. The lowest BCUT2D eigenvalue weighted by atomic mass is 10.0. The fraction of sp³-hybridized carbons (Fsp3) is 0.188. The van der Waals surface area contributed by atoms with Crippen LogP contribution in [0.2, 0.25) is 5.02 Å². The molecule has 2 N–H and O–H groups in total. The molecule has 2 rings (SSSR count). The van der Waals surface area contributed by atoms with Crippen LogP contribution in [0.5, 0.6) is 0 Å². The van der Waals surface area contributed by atoms with Gasteiger partial charge in [0.15, 0.2) is 0 Å². The van der Waals surface area contributed by atoms with Gasteiger partial charge in [-0.1, -0.05) is 29.8 Å². The van der Waals surface area contributed by atoms with Gasteiger partial charge in [-0.15, -0.1) is 0 Å². The maximum absolute atomic E-state index is 12.4. The van der Waals surface area contributed by atoms with Crippen LogP contribution in [0, 0.1) is 0 Å². The predicted octanol–water partition coefficient (Wildman–Crippen LogP) is 4.12. The number of hydrogen-bond acceptors (Lipinski definition) is 2. The van der Waals surface area contributed by atoms with Crippen LogP contribution in [0.25, 0.3) is 0 Å². The number of benzene rings is 2. The molecule has 0 aliphatic heterocycles. The number of carbonyl (C=O) groups excluding carboxylic acids is 1. The number of carbonyl (C=O) groups is 1. The first-order chi connectivity index (χ1) is 10.1. The van der Waals surface area contributed by atoms with E-state index in [1.54, 1.807) is 18.2 Å². The smallest absolute Gasteiger partial charge is 0.255 e. The average molecular weight is 368 g/mol. The van der Waals surface area contributed by atoms with Crippen molar-refractivity contribution < 1.29 is 4.79 Å². The molecule has 0 unspecified atom stereocenters. The highest BCUT2D eigenvalue weighted by molar-refractivity contribution is 9.10. The van der Waals surface area contributed by atoms with Crippen molar-refractivity contribution in [3.05, 3.63) is 63.1 Å². The van der Waals surface area contributed by atoms with E-state index in [9.17, 15) is 4.79 Å². The normalized spacial score (nSPS) is 10.4. The first kappa shape index (κ1) is 16.0. The Morgan fingerprint density at radius 3 is 2.71 bits per heavy atom. The van der Waals surface area contributed by atoms with Crippen LogP contribution >= 0.6 is 27.5 Å². The van der Waals surface area contributed by atoms with Crippen LogP contribution in [0.1, 0.15) is 15.9 Å². The van der Waals surface area contributed by atoms with E-state index in [1.165, 1.54) is 0 Å². The number of halogens is 2. The molecule has 0 radical (unpaired) electrons. The molecule has 0 aliphatic rings. The monoisotopic (exact) mass is 366 g/mol. The minimum absolute atomic E-state index is 0.115. The molecule has 2 aromatic carbocycles. The summed E-state index contributed by atoms with van der Waals surface area (Å²) in [5.74, 6) is -0.115. The second kappa shape index (κ2) is 7.59. The Kier molecular flexibility index (Phi) is 5.79. The zero-order valence-electron chi connectivity index (χ0n) is 11.6. The number of nitrogens with one attached hydrogen (secondary N) is 2. The largest absolute Gasteiger partial charge is 0.322 e. The molecular formula is C16H16BrClN2O. The van der Waals surface area contributed by atoms with Crippen molar-refractivity contribution in [2.24, 2.45) is 0 Å². The second-order valence-electron chi connectivity index (χ2n) is 4.59. The first-order valence-corrected chi connectivity index (χ1v) is 7.78. The fourth-order valence-electron chi connectivity index (χ4n) is 1.99. The number of amides is 1.